The molecular formula is C25H44IN5O. The summed E-state index contributed by atoms with van der Waals surface area (Å²) in [6.07, 6.45) is 4.86. The normalized spacial score (nSPS) is 23.6. The Morgan fingerprint density at radius 1 is 1.12 bits per heavy atom. The van der Waals surface area contributed by atoms with Gasteiger partial charge in [0.15, 0.2) is 5.96 Å². The lowest BCUT2D eigenvalue weighted by molar-refractivity contribution is 0.122. The number of aliphatic imine (C=N–C) groups is 1. The molecule has 3 rings (SSSR count). The van der Waals surface area contributed by atoms with Crippen molar-refractivity contribution >= 4 is 29.9 Å². The molecule has 182 valence electrons. The molecule has 2 aliphatic rings. The number of hydrogen-bond donors (Lipinski definition) is 2. The zero-order valence-electron chi connectivity index (χ0n) is 20.6. The van der Waals surface area contributed by atoms with Gasteiger partial charge in [-0.2, -0.15) is 0 Å². The van der Waals surface area contributed by atoms with E-state index < -0.39 is 0 Å². The summed E-state index contributed by atoms with van der Waals surface area (Å²) >= 11 is 0. The van der Waals surface area contributed by atoms with E-state index >= 15 is 0 Å². The fourth-order valence-corrected chi connectivity index (χ4v) is 5.19. The van der Waals surface area contributed by atoms with Gasteiger partial charge in [0.2, 0.25) is 0 Å². The van der Waals surface area contributed by atoms with Crippen LogP contribution < -0.4 is 15.4 Å². The van der Waals surface area contributed by atoms with Crippen LogP contribution in [0.2, 0.25) is 0 Å². The maximum atomic E-state index is 5.35. The Kier molecular flexibility index (Phi) is 11.6. The molecule has 2 atom stereocenters. The number of benzene rings is 1. The Morgan fingerprint density at radius 2 is 1.81 bits per heavy atom. The van der Waals surface area contributed by atoms with Crippen LogP contribution >= 0.6 is 24.0 Å². The maximum absolute atomic E-state index is 5.35. The van der Waals surface area contributed by atoms with Crippen molar-refractivity contribution in [1.82, 2.24) is 20.4 Å². The first kappa shape index (κ1) is 27.2. The molecule has 2 saturated heterocycles. The first-order valence-corrected chi connectivity index (χ1v) is 12.0. The summed E-state index contributed by atoms with van der Waals surface area (Å²) in [4.78, 5) is 9.62. The SMILES string of the molecule is CN=C(NCC1CCCN(C)C1c1ccc(OC)cc1)NC1CCN(CC(C)C)CC1.I. The van der Waals surface area contributed by atoms with Crippen LogP contribution in [0.25, 0.3) is 0 Å². The van der Waals surface area contributed by atoms with Crippen LogP contribution in [0, 0.1) is 11.8 Å². The summed E-state index contributed by atoms with van der Waals surface area (Å²) in [6, 6.07) is 9.53. The number of likely N-dealkylation sites (tertiary alicyclic amines) is 2. The zero-order valence-corrected chi connectivity index (χ0v) is 23.0. The van der Waals surface area contributed by atoms with E-state index in [2.05, 4.69) is 70.6 Å². The Morgan fingerprint density at radius 3 is 2.41 bits per heavy atom. The second kappa shape index (κ2) is 13.6. The molecule has 0 radical (unpaired) electrons. The topological polar surface area (TPSA) is 52.1 Å². The molecule has 0 saturated carbocycles. The number of rotatable bonds is 7. The molecule has 0 aromatic heterocycles. The van der Waals surface area contributed by atoms with Crippen LogP contribution in [0.4, 0.5) is 0 Å². The minimum Gasteiger partial charge on any atom is -0.497 e. The lowest BCUT2D eigenvalue weighted by Gasteiger charge is -2.40. The summed E-state index contributed by atoms with van der Waals surface area (Å²) in [5, 5.41) is 7.33. The summed E-state index contributed by atoms with van der Waals surface area (Å²) in [5.41, 5.74) is 1.37. The number of hydrogen-bond acceptors (Lipinski definition) is 4. The second-order valence-electron chi connectivity index (χ2n) is 9.67. The third kappa shape index (κ3) is 7.76. The fourth-order valence-electron chi connectivity index (χ4n) is 5.19. The monoisotopic (exact) mass is 557 g/mol. The van der Waals surface area contributed by atoms with Crippen LogP contribution in [-0.2, 0) is 0 Å². The van der Waals surface area contributed by atoms with E-state index in [1.54, 1.807) is 7.11 Å². The van der Waals surface area contributed by atoms with E-state index in [9.17, 15) is 0 Å². The van der Waals surface area contributed by atoms with E-state index in [-0.39, 0.29) is 24.0 Å². The molecule has 0 amide bonds. The predicted molar refractivity (Wildman–Crippen MR) is 145 cm³/mol. The molecule has 2 heterocycles. The Bertz CT molecular complexity index is 688. The Hall–Kier alpha value is -1.06. The van der Waals surface area contributed by atoms with Gasteiger partial charge in [0.25, 0.3) is 0 Å². The highest BCUT2D eigenvalue weighted by Crippen LogP contribution is 2.35. The van der Waals surface area contributed by atoms with Gasteiger partial charge in [-0.15, -0.1) is 24.0 Å². The zero-order chi connectivity index (χ0) is 22.2. The van der Waals surface area contributed by atoms with Gasteiger partial charge >= 0.3 is 0 Å². The highest BCUT2D eigenvalue weighted by atomic mass is 127. The van der Waals surface area contributed by atoms with E-state index in [1.165, 1.54) is 50.9 Å². The average molecular weight is 558 g/mol. The van der Waals surface area contributed by atoms with Gasteiger partial charge in [-0.3, -0.25) is 9.89 Å². The molecule has 0 aliphatic carbocycles. The molecular weight excluding hydrogens is 513 g/mol. The van der Waals surface area contributed by atoms with E-state index in [1.807, 2.05) is 7.05 Å². The van der Waals surface area contributed by atoms with Crippen LogP contribution in [0.5, 0.6) is 5.75 Å². The van der Waals surface area contributed by atoms with Crippen LogP contribution in [0.1, 0.15) is 51.1 Å². The van der Waals surface area contributed by atoms with Crippen LogP contribution in [0.15, 0.2) is 29.3 Å². The van der Waals surface area contributed by atoms with Crippen molar-refractivity contribution in [3.8, 4) is 5.75 Å². The molecule has 7 heteroatoms. The smallest absolute Gasteiger partial charge is 0.191 e. The number of halogens is 1. The lowest BCUT2D eigenvalue weighted by atomic mass is 9.85. The van der Waals surface area contributed by atoms with Gasteiger partial charge in [-0.1, -0.05) is 26.0 Å². The van der Waals surface area contributed by atoms with Crippen molar-refractivity contribution < 1.29 is 4.74 Å². The highest BCUT2D eigenvalue weighted by Gasteiger charge is 2.31. The van der Waals surface area contributed by atoms with Crippen molar-refractivity contribution in [2.75, 3.05) is 53.9 Å². The molecule has 6 nitrogen and oxygen atoms in total. The quantitative estimate of drug-likeness (QED) is 0.302. The molecule has 2 aliphatic heterocycles. The highest BCUT2D eigenvalue weighted by molar-refractivity contribution is 14.0. The number of piperidine rings is 2. The summed E-state index contributed by atoms with van der Waals surface area (Å²) < 4.78 is 5.35. The molecule has 2 unspecified atom stereocenters. The summed E-state index contributed by atoms with van der Waals surface area (Å²) in [5.74, 6) is 3.16. The minimum absolute atomic E-state index is 0. The average Bonchev–Trinajstić information content (AvgIpc) is 2.77. The number of nitrogens with one attached hydrogen (secondary N) is 2. The third-order valence-electron chi connectivity index (χ3n) is 6.77. The predicted octanol–water partition coefficient (Wildman–Crippen LogP) is 3.98. The fraction of sp³-hybridized carbons (Fsp3) is 0.720. The molecule has 0 spiro atoms. The number of nitrogens with zero attached hydrogens (tertiary/aromatic N) is 3. The van der Waals surface area contributed by atoms with E-state index in [4.69, 9.17) is 4.74 Å². The van der Waals surface area contributed by atoms with Crippen LogP contribution in [-0.4, -0.2) is 75.7 Å². The lowest BCUT2D eigenvalue weighted by Crippen LogP contribution is -2.50. The van der Waals surface area contributed by atoms with Crippen molar-refractivity contribution in [2.45, 2.75) is 51.6 Å². The van der Waals surface area contributed by atoms with Gasteiger partial charge < -0.3 is 20.3 Å². The van der Waals surface area contributed by atoms with Crippen LogP contribution in [0.3, 0.4) is 0 Å². The maximum Gasteiger partial charge on any atom is 0.191 e. The van der Waals surface area contributed by atoms with Gasteiger partial charge in [-0.05, 0) is 68.8 Å². The van der Waals surface area contributed by atoms with Crippen molar-refractivity contribution in [2.24, 2.45) is 16.8 Å². The Balaban J connectivity index is 0.00000363. The van der Waals surface area contributed by atoms with Crippen molar-refractivity contribution in [1.29, 1.82) is 0 Å². The minimum atomic E-state index is 0. The largest absolute Gasteiger partial charge is 0.497 e. The van der Waals surface area contributed by atoms with Crippen molar-refractivity contribution in [3.63, 3.8) is 0 Å². The van der Waals surface area contributed by atoms with Crippen molar-refractivity contribution in [3.05, 3.63) is 29.8 Å². The van der Waals surface area contributed by atoms with E-state index in [0.29, 0.717) is 18.0 Å². The van der Waals surface area contributed by atoms with Gasteiger partial charge in [-0.25, -0.2) is 0 Å². The molecule has 0 bridgehead atoms. The van der Waals surface area contributed by atoms with E-state index in [0.717, 1.165) is 30.7 Å². The Labute approximate surface area is 212 Å². The molecule has 32 heavy (non-hydrogen) atoms. The first-order valence-electron chi connectivity index (χ1n) is 12.0. The van der Waals surface area contributed by atoms with Gasteiger partial charge in [0.1, 0.15) is 5.75 Å². The van der Waals surface area contributed by atoms with Gasteiger partial charge in [0, 0.05) is 45.3 Å². The number of methoxy groups -OCH3 is 1. The molecule has 2 fully saturated rings. The standard InChI is InChI=1S/C25H43N5O.HI/c1-19(2)18-30-15-12-22(13-16-30)28-25(26-3)27-17-21-7-6-14-29(4)24(21)20-8-10-23(31-5)11-9-20;/h8-11,19,21-22,24H,6-7,12-18H2,1-5H3,(H2,26,27,28);1H. The number of ether oxygens (including phenoxy) is 1. The second-order valence-corrected chi connectivity index (χ2v) is 9.67. The third-order valence-corrected chi connectivity index (χ3v) is 6.77. The molecule has 1 aromatic carbocycles. The first-order chi connectivity index (χ1) is 15.0. The molecule has 2 N–H and O–H groups in total. The summed E-state index contributed by atoms with van der Waals surface area (Å²) in [7, 11) is 5.86. The summed E-state index contributed by atoms with van der Waals surface area (Å²) in [6.45, 7) is 10.3. The molecule has 1 aromatic rings. The number of guanidine groups is 1. The van der Waals surface area contributed by atoms with Gasteiger partial charge in [0.05, 0.1) is 7.11 Å².